The second kappa shape index (κ2) is 9.36. The second-order valence-electron chi connectivity index (χ2n) is 8.46. The van der Waals surface area contributed by atoms with Gasteiger partial charge in [-0.15, -0.1) is 11.3 Å². The van der Waals surface area contributed by atoms with Crippen molar-refractivity contribution < 1.29 is 17.7 Å². The normalized spacial score (nSPS) is 17.3. The Bertz CT molecular complexity index is 1260. The molecule has 0 bridgehead atoms. The van der Waals surface area contributed by atoms with Crippen LogP contribution in [0.1, 0.15) is 41.7 Å². The van der Waals surface area contributed by atoms with Crippen molar-refractivity contribution in [1.29, 1.82) is 0 Å². The third-order valence-corrected chi connectivity index (χ3v) is 8.89. The first-order valence-corrected chi connectivity index (χ1v) is 13.3. The Morgan fingerprint density at radius 2 is 1.94 bits per heavy atom. The molecule has 8 nitrogen and oxygen atoms in total. The van der Waals surface area contributed by atoms with Gasteiger partial charge in [0.2, 0.25) is 27.6 Å². The van der Waals surface area contributed by atoms with Crippen LogP contribution >= 0.6 is 11.3 Å². The maximum absolute atomic E-state index is 13.5. The molecule has 0 radical (unpaired) electrons. The number of nitrogens with one attached hydrogen (secondary N) is 1. The molecule has 1 aromatic carbocycles. The van der Waals surface area contributed by atoms with Crippen molar-refractivity contribution in [2.45, 2.75) is 51.9 Å². The summed E-state index contributed by atoms with van der Waals surface area (Å²) < 4.78 is 33.5. The monoisotopic (exact) mass is 488 g/mol. The predicted molar refractivity (Wildman–Crippen MR) is 128 cm³/mol. The molecule has 1 aliphatic rings. The lowest BCUT2D eigenvalue weighted by molar-refractivity contribution is -0.120. The highest BCUT2D eigenvalue weighted by molar-refractivity contribution is 7.89. The first kappa shape index (κ1) is 23.6. The van der Waals surface area contributed by atoms with Gasteiger partial charge in [-0.3, -0.25) is 4.79 Å². The van der Waals surface area contributed by atoms with Gasteiger partial charge < -0.3 is 9.84 Å². The molecule has 0 saturated carbocycles. The molecule has 3 heterocycles. The summed E-state index contributed by atoms with van der Waals surface area (Å²) in [5, 5.41) is 6.92. The second-order valence-corrected chi connectivity index (χ2v) is 11.6. The Morgan fingerprint density at radius 3 is 2.61 bits per heavy atom. The molecule has 1 atom stereocenters. The molecule has 0 aliphatic carbocycles. The van der Waals surface area contributed by atoms with E-state index in [-0.39, 0.29) is 17.3 Å². The van der Waals surface area contributed by atoms with E-state index < -0.39 is 15.9 Å². The van der Waals surface area contributed by atoms with Crippen molar-refractivity contribution in [3.63, 3.8) is 0 Å². The number of aromatic nitrogens is 2. The number of hydrogen-bond donors (Lipinski definition) is 1. The standard InChI is InChI=1S/C23H28N4O4S2/c1-5-21-25-22(26-31-21)19-12-20(16(4)32-19)33(29,30)27-8-6-7-17(13-27)23(28)24-18-10-14(2)9-15(3)11-18/h9-12,17H,5-8,13H2,1-4H3,(H,24,28). The first-order valence-electron chi connectivity index (χ1n) is 11.0. The van der Waals surface area contributed by atoms with Crippen LogP contribution in [0.4, 0.5) is 5.69 Å². The van der Waals surface area contributed by atoms with Gasteiger partial charge >= 0.3 is 0 Å². The summed E-state index contributed by atoms with van der Waals surface area (Å²) in [5.74, 6) is 0.346. The molecule has 1 saturated heterocycles. The number of anilines is 1. The van der Waals surface area contributed by atoms with Crippen LogP contribution in [0.2, 0.25) is 0 Å². The molecule has 176 valence electrons. The molecule has 4 rings (SSSR count). The van der Waals surface area contributed by atoms with Crippen LogP contribution in [0.25, 0.3) is 10.7 Å². The number of thiophene rings is 1. The van der Waals surface area contributed by atoms with Gasteiger partial charge in [0.1, 0.15) is 0 Å². The highest BCUT2D eigenvalue weighted by Gasteiger charge is 2.35. The van der Waals surface area contributed by atoms with Crippen LogP contribution in [-0.2, 0) is 21.2 Å². The number of carbonyl (C=O) groups excluding carboxylic acids is 1. The minimum Gasteiger partial charge on any atom is -0.339 e. The van der Waals surface area contributed by atoms with E-state index in [9.17, 15) is 13.2 Å². The van der Waals surface area contributed by atoms with E-state index >= 15 is 0 Å². The Morgan fingerprint density at radius 1 is 1.21 bits per heavy atom. The summed E-state index contributed by atoms with van der Waals surface area (Å²) in [6.45, 7) is 8.19. The van der Waals surface area contributed by atoms with Crippen LogP contribution < -0.4 is 5.32 Å². The van der Waals surface area contributed by atoms with Crippen molar-refractivity contribution >= 4 is 33.0 Å². The lowest BCUT2D eigenvalue weighted by Crippen LogP contribution is -2.43. The molecule has 1 amide bonds. The number of sulfonamides is 1. The average molecular weight is 489 g/mol. The largest absolute Gasteiger partial charge is 0.339 e. The Balaban J connectivity index is 1.52. The molecule has 1 fully saturated rings. The summed E-state index contributed by atoms with van der Waals surface area (Å²) in [4.78, 5) is 18.8. The number of nitrogens with zero attached hydrogens (tertiary/aromatic N) is 3. The third-order valence-electron chi connectivity index (χ3n) is 5.73. The maximum Gasteiger partial charge on any atom is 0.244 e. The van der Waals surface area contributed by atoms with Crippen molar-refractivity contribution in [1.82, 2.24) is 14.4 Å². The van der Waals surface area contributed by atoms with Gasteiger partial charge in [0.25, 0.3) is 0 Å². The van der Waals surface area contributed by atoms with Crippen molar-refractivity contribution in [2.75, 3.05) is 18.4 Å². The Hall–Kier alpha value is -2.56. The summed E-state index contributed by atoms with van der Waals surface area (Å²) in [5.41, 5.74) is 2.87. The predicted octanol–water partition coefficient (Wildman–Crippen LogP) is 4.33. The average Bonchev–Trinajstić information content (AvgIpc) is 3.40. The lowest BCUT2D eigenvalue weighted by atomic mass is 9.98. The fraction of sp³-hybridized carbons (Fsp3) is 0.435. The van der Waals surface area contributed by atoms with Gasteiger partial charge in [-0.1, -0.05) is 18.1 Å². The molecule has 1 N–H and O–H groups in total. The molecule has 0 spiro atoms. The quantitative estimate of drug-likeness (QED) is 0.554. The number of hydrogen-bond acceptors (Lipinski definition) is 7. The van der Waals surface area contributed by atoms with Crippen molar-refractivity contribution in [3.05, 3.63) is 46.2 Å². The number of carbonyl (C=O) groups is 1. The fourth-order valence-corrected chi connectivity index (χ4v) is 7.14. The number of amides is 1. The zero-order chi connectivity index (χ0) is 23.8. The summed E-state index contributed by atoms with van der Waals surface area (Å²) in [6, 6.07) is 7.49. The van der Waals surface area contributed by atoms with E-state index in [1.54, 1.807) is 13.0 Å². The number of rotatable bonds is 6. The molecular formula is C23H28N4O4S2. The fourth-order valence-electron chi connectivity index (χ4n) is 4.14. The van der Waals surface area contributed by atoms with Gasteiger partial charge in [0.15, 0.2) is 0 Å². The van der Waals surface area contributed by atoms with E-state index in [4.69, 9.17) is 4.52 Å². The number of aryl methyl sites for hydroxylation is 4. The summed E-state index contributed by atoms with van der Waals surface area (Å²) in [6.07, 6.45) is 1.89. The van der Waals surface area contributed by atoms with Crippen molar-refractivity contribution in [3.8, 4) is 10.7 Å². The Kier molecular flexibility index (Phi) is 6.69. The molecule has 1 unspecified atom stereocenters. The summed E-state index contributed by atoms with van der Waals surface area (Å²) in [7, 11) is -3.75. The van der Waals surface area contributed by atoms with E-state index in [0.29, 0.717) is 47.3 Å². The maximum atomic E-state index is 13.5. The smallest absolute Gasteiger partial charge is 0.244 e. The van der Waals surface area contributed by atoms with Gasteiger partial charge in [0.05, 0.1) is 15.7 Å². The van der Waals surface area contributed by atoms with Crippen LogP contribution in [-0.4, -0.2) is 41.9 Å². The molecular weight excluding hydrogens is 460 g/mol. The van der Waals surface area contributed by atoms with Gasteiger partial charge in [-0.2, -0.15) is 9.29 Å². The molecule has 3 aromatic rings. The van der Waals surface area contributed by atoms with Gasteiger partial charge in [-0.05, 0) is 62.9 Å². The first-order chi connectivity index (χ1) is 15.7. The highest BCUT2D eigenvalue weighted by Crippen LogP contribution is 2.35. The van der Waals surface area contributed by atoms with Crippen LogP contribution in [0.3, 0.4) is 0 Å². The molecule has 33 heavy (non-hydrogen) atoms. The van der Waals surface area contributed by atoms with Crippen LogP contribution in [0, 0.1) is 26.7 Å². The SMILES string of the molecule is CCc1nc(-c2cc(S(=O)(=O)N3CCCC(C(=O)Nc4cc(C)cc(C)c4)C3)c(C)s2)no1. The van der Waals surface area contributed by atoms with Crippen LogP contribution in [0.15, 0.2) is 33.7 Å². The van der Waals surface area contributed by atoms with Crippen molar-refractivity contribution in [2.24, 2.45) is 5.92 Å². The third kappa shape index (κ3) is 5.02. The summed E-state index contributed by atoms with van der Waals surface area (Å²) >= 11 is 1.32. The van der Waals surface area contributed by atoms with E-state index in [1.165, 1.54) is 15.6 Å². The highest BCUT2D eigenvalue weighted by atomic mass is 32.2. The minimum absolute atomic E-state index is 0.151. The van der Waals surface area contributed by atoms with E-state index in [0.717, 1.165) is 16.8 Å². The topological polar surface area (TPSA) is 105 Å². The number of benzene rings is 1. The lowest BCUT2D eigenvalue weighted by Gasteiger charge is -2.31. The zero-order valence-electron chi connectivity index (χ0n) is 19.2. The van der Waals surface area contributed by atoms with Gasteiger partial charge in [0, 0.05) is 30.1 Å². The number of piperidine rings is 1. The van der Waals surface area contributed by atoms with E-state index in [2.05, 4.69) is 15.5 Å². The van der Waals surface area contributed by atoms with Crippen LogP contribution in [0.5, 0.6) is 0 Å². The minimum atomic E-state index is -3.75. The molecule has 10 heteroatoms. The van der Waals surface area contributed by atoms with Gasteiger partial charge in [-0.25, -0.2) is 8.42 Å². The zero-order valence-corrected chi connectivity index (χ0v) is 20.8. The van der Waals surface area contributed by atoms with E-state index in [1.807, 2.05) is 39.0 Å². The molecule has 1 aliphatic heterocycles. The Labute approximate surface area is 198 Å². The molecule has 2 aromatic heterocycles.